The summed E-state index contributed by atoms with van der Waals surface area (Å²) in [6.45, 7) is 2.10. The molecule has 5 rings (SSSR count). The Labute approximate surface area is 196 Å². The van der Waals surface area contributed by atoms with Crippen LogP contribution < -0.4 is 10.1 Å². The maximum absolute atomic E-state index is 12.3. The monoisotopic (exact) mass is 445 g/mol. The largest absolute Gasteiger partial charge is 0.427 e. The molecule has 5 nitrogen and oxygen atoms in total. The average Bonchev–Trinajstić information content (AvgIpc) is 3.47. The summed E-state index contributed by atoms with van der Waals surface area (Å²) in [5, 5.41) is 3.80. The summed E-state index contributed by atoms with van der Waals surface area (Å²) >= 11 is 0. The number of pyridine rings is 1. The standard InChI is InChI=1S/C28H35N3O2/c1-20-17-18-31-25(19-20)30-27(28(31)29-23-9-3-2-4-10-23)22-12-14-24(15-13-22)33-26(32)16-11-21-7-5-6-8-21/h12-15,17-19,21,23,29H,2-11,16H2,1H3. The van der Waals surface area contributed by atoms with Crippen LogP contribution in [0.15, 0.2) is 42.6 Å². The molecule has 2 fully saturated rings. The second-order valence-electron chi connectivity index (χ2n) is 9.91. The number of carbonyl (C=O) groups excluding carboxylic acids is 1. The third-order valence-electron chi connectivity index (χ3n) is 7.32. The molecule has 0 bridgehead atoms. The van der Waals surface area contributed by atoms with Crippen LogP contribution >= 0.6 is 0 Å². The van der Waals surface area contributed by atoms with Gasteiger partial charge in [0, 0.05) is 24.2 Å². The molecule has 3 aromatic rings. The maximum atomic E-state index is 12.3. The van der Waals surface area contributed by atoms with E-state index in [4.69, 9.17) is 9.72 Å². The van der Waals surface area contributed by atoms with Crippen LogP contribution in [0.5, 0.6) is 5.75 Å². The fourth-order valence-corrected chi connectivity index (χ4v) is 5.41. The summed E-state index contributed by atoms with van der Waals surface area (Å²) in [5.74, 6) is 2.24. The number of aryl methyl sites for hydroxylation is 1. The molecule has 2 aliphatic carbocycles. The van der Waals surface area contributed by atoms with Crippen molar-refractivity contribution < 1.29 is 9.53 Å². The van der Waals surface area contributed by atoms with E-state index >= 15 is 0 Å². The summed E-state index contributed by atoms with van der Waals surface area (Å²) in [4.78, 5) is 17.3. The topological polar surface area (TPSA) is 55.6 Å². The SMILES string of the molecule is Cc1ccn2c(NC3CCCCC3)c(-c3ccc(OC(=O)CCC4CCCC4)cc3)nc2c1. The molecule has 1 N–H and O–H groups in total. The molecule has 5 heteroatoms. The van der Waals surface area contributed by atoms with Gasteiger partial charge in [-0.2, -0.15) is 0 Å². The molecule has 0 radical (unpaired) electrons. The minimum absolute atomic E-state index is 0.127. The lowest BCUT2D eigenvalue weighted by molar-refractivity contribution is -0.134. The molecule has 0 unspecified atom stereocenters. The number of nitrogens with one attached hydrogen (secondary N) is 1. The van der Waals surface area contributed by atoms with Gasteiger partial charge in [0.15, 0.2) is 0 Å². The Morgan fingerprint density at radius 3 is 2.52 bits per heavy atom. The van der Waals surface area contributed by atoms with Crippen molar-refractivity contribution in [3.05, 3.63) is 48.2 Å². The number of esters is 1. The van der Waals surface area contributed by atoms with E-state index in [-0.39, 0.29) is 5.97 Å². The third-order valence-corrected chi connectivity index (χ3v) is 7.32. The van der Waals surface area contributed by atoms with Crippen molar-refractivity contribution in [1.82, 2.24) is 9.38 Å². The van der Waals surface area contributed by atoms with Gasteiger partial charge in [-0.25, -0.2) is 4.98 Å². The van der Waals surface area contributed by atoms with Crippen LogP contribution in [0.4, 0.5) is 5.82 Å². The molecular formula is C28H35N3O2. The first-order valence-corrected chi connectivity index (χ1v) is 12.7. The Morgan fingerprint density at radius 1 is 1.03 bits per heavy atom. The molecule has 0 amide bonds. The van der Waals surface area contributed by atoms with Gasteiger partial charge in [-0.15, -0.1) is 0 Å². The number of hydrogen-bond donors (Lipinski definition) is 1. The van der Waals surface area contributed by atoms with Crippen molar-refractivity contribution in [2.45, 2.75) is 83.6 Å². The summed E-state index contributed by atoms with van der Waals surface area (Å²) in [7, 11) is 0. The van der Waals surface area contributed by atoms with Crippen LogP contribution in [0.3, 0.4) is 0 Å². The van der Waals surface area contributed by atoms with Gasteiger partial charge in [0.05, 0.1) is 0 Å². The van der Waals surface area contributed by atoms with E-state index < -0.39 is 0 Å². The molecule has 2 heterocycles. The lowest BCUT2D eigenvalue weighted by Crippen LogP contribution is -2.23. The van der Waals surface area contributed by atoms with Gasteiger partial charge >= 0.3 is 5.97 Å². The zero-order valence-electron chi connectivity index (χ0n) is 19.7. The zero-order chi connectivity index (χ0) is 22.6. The van der Waals surface area contributed by atoms with Crippen LogP contribution in [0, 0.1) is 12.8 Å². The average molecular weight is 446 g/mol. The molecule has 174 valence electrons. The Balaban J connectivity index is 1.33. The first kappa shape index (κ1) is 22.0. The van der Waals surface area contributed by atoms with E-state index in [1.165, 1.54) is 63.4 Å². The van der Waals surface area contributed by atoms with E-state index in [0.717, 1.165) is 29.1 Å². The predicted octanol–water partition coefficient (Wildman–Crippen LogP) is 6.93. The minimum Gasteiger partial charge on any atom is -0.427 e. The summed E-state index contributed by atoms with van der Waals surface area (Å²) in [6, 6.07) is 12.5. The smallest absolute Gasteiger partial charge is 0.311 e. The summed E-state index contributed by atoms with van der Waals surface area (Å²) in [6.07, 6.45) is 15.0. The Kier molecular flexibility index (Phi) is 6.65. The highest BCUT2D eigenvalue weighted by molar-refractivity contribution is 5.78. The Morgan fingerprint density at radius 2 is 1.76 bits per heavy atom. The van der Waals surface area contributed by atoms with Gasteiger partial charge in [-0.1, -0.05) is 44.9 Å². The third kappa shape index (κ3) is 5.23. The summed E-state index contributed by atoms with van der Waals surface area (Å²) < 4.78 is 7.77. The number of benzene rings is 1. The van der Waals surface area contributed by atoms with Crippen LogP contribution in [0.25, 0.3) is 16.9 Å². The number of ether oxygens (including phenoxy) is 1. The van der Waals surface area contributed by atoms with Crippen molar-refractivity contribution >= 4 is 17.4 Å². The fourth-order valence-electron chi connectivity index (χ4n) is 5.41. The molecule has 0 atom stereocenters. The van der Waals surface area contributed by atoms with Crippen molar-refractivity contribution in [3.63, 3.8) is 0 Å². The fraction of sp³-hybridized carbons (Fsp3) is 0.500. The lowest BCUT2D eigenvalue weighted by Gasteiger charge is -2.24. The van der Waals surface area contributed by atoms with E-state index in [9.17, 15) is 4.79 Å². The van der Waals surface area contributed by atoms with Gasteiger partial charge in [0.1, 0.15) is 22.9 Å². The number of carbonyl (C=O) groups is 1. The highest BCUT2D eigenvalue weighted by Gasteiger charge is 2.20. The van der Waals surface area contributed by atoms with Gasteiger partial charge in [-0.3, -0.25) is 9.20 Å². The Bertz CT molecular complexity index is 1090. The van der Waals surface area contributed by atoms with Crippen molar-refractivity contribution in [2.75, 3.05) is 5.32 Å². The molecular weight excluding hydrogens is 410 g/mol. The molecule has 0 saturated heterocycles. The summed E-state index contributed by atoms with van der Waals surface area (Å²) in [5.41, 5.74) is 4.12. The van der Waals surface area contributed by atoms with Gasteiger partial charge in [-0.05, 0) is 74.1 Å². The predicted molar refractivity (Wildman–Crippen MR) is 133 cm³/mol. The van der Waals surface area contributed by atoms with E-state index in [2.05, 4.69) is 35.0 Å². The lowest BCUT2D eigenvalue weighted by atomic mass is 9.95. The number of fused-ring (bicyclic) bond motifs is 1. The second kappa shape index (κ2) is 9.98. The second-order valence-corrected chi connectivity index (χ2v) is 9.91. The first-order chi connectivity index (χ1) is 16.2. The highest BCUT2D eigenvalue weighted by atomic mass is 16.5. The van der Waals surface area contributed by atoms with Gasteiger partial charge in [0.25, 0.3) is 0 Å². The number of anilines is 1. The number of hydrogen-bond acceptors (Lipinski definition) is 4. The number of nitrogens with zero attached hydrogens (tertiary/aromatic N) is 2. The number of aromatic nitrogens is 2. The Hall–Kier alpha value is -2.82. The van der Waals surface area contributed by atoms with Crippen molar-refractivity contribution in [1.29, 1.82) is 0 Å². The van der Waals surface area contributed by atoms with E-state index in [0.29, 0.717) is 24.1 Å². The van der Waals surface area contributed by atoms with Crippen LogP contribution in [-0.2, 0) is 4.79 Å². The molecule has 2 aromatic heterocycles. The first-order valence-electron chi connectivity index (χ1n) is 12.7. The van der Waals surface area contributed by atoms with Crippen molar-refractivity contribution in [2.24, 2.45) is 5.92 Å². The van der Waals surface area contributed by atoms with Crippen LogP contribution in [0.2, 0.25) is 0 Å². The van der Waals surface area contributed by atoms with Crippen LogP contribution in [-0.4, -0.2) is 21.4 Å². The zero-order valence-corrected chi connectivity index (χ0v) is 19.7. The molecule has 2 saturated carbocycles. The van der Waals surface area contributed by atoms with E-state index in [1.807, 2.05) is 24.3 Å². The number of rotatable bonds is 7. The van der Waals surface area contributed by atoms with Crippen LogP contribution in [0.1, 0.15) is 76.2 Å². The minimum atomic E-state index is -0.127. The van der Waals surface area contributed by atoms with E-state index in [1.54, 1.807) is 0 Å². The van der Waals surface area contributed by atoms with Crippen molar-refractivity contribution in [3.8, 4) is 17.0 Å². The van der Waals surface area contributed by atoms with Gasteiger partial charge < -0.3 is 10.1 Å². The normalized spacial score (nSPS) is 17.5. The molecule has 0 spiro atoms. The number of imidazole rings is 1. The molecule has 1 aromatic carbocycles. The molecule has 0 aliphatic heterocycles. The molecule has 2 aliphatic rings. The quantitative estimate of drug-likeness (QED) is 0.316. The molecule has 33 heavy (non-hydrogen) atoms. The maximum Gasteiger partial charge on any atom is 0.311 e. The van der Waals surface area contributed by atoms with Gasteiger partial charge in [0.2, 0.25) is 0 Å². The highest BCUT2D eigenvalue weighted by Crippen LogP contribution is 2.33.